The SMILES string of the molecule is CCOC(=O)C[C@@H](C)O[Si](C)(C)Cl. The number of hydrogen-bond acceptors (Lipinski definition) is 3. The number of ether oxygens (including phenoxy) is 1. The summed E-state index contributed by atoms with van der Waals surface area (Å²) in [5, 5.41) is 0. The molecular weight excluding hydrogens is 208 g/mol. The Bertz CT molecular complexity index is 167. The van der Waals surface area contributed by atoms with Crippen molar-refractivity contribution in [3.05, 3.63) is 0 Å². The summed E-state index contributed by atoms with van der Waals surface area (Å²) in [4.78, 5) is 11.0. The molecule has 0 bridgehead atoms. The van der Waals surface area contributed by atoms with E-state index in [1.807, 2.05) is 20.0 Å². The van der Waals surface area contributed by atoms with Gasteiger partial charge in [-0.2, -0.15) is 0 Å². The van der Waals surface area contributed by atoms with Crippen LogP contribution in [-0.4, -0.2) is 26.3 Å². The molecule has 0 unspecified atom stereocenters. The van der Waals surface area contributed by atoms with Crippen LogP contribution in [0.4, 0.5) is 0 Å². The number of esters is 1. The molecule has 0 saturated carbocycles. The second-order valence-corrected chi connectivity index (χ2v) is 8.99. The van der Waals surface area contributed by atoms with Crippen molar-refractivity contribution in [2.24, 2.45) is 0 Å². The minimum Gasteiger partial charge on any atom is -0.466 e. The molecule has 0 aliphatic rings. The van der Waals surface area contributed by atoms with Crippen molar-refractivity contribution in [2.45, 2.75) is 39.5 Å². The summed E-state index contributed by atoms with van der Waals surface area (Å²) in [5.41, 5.74) is 0. The van der Waals surface area contributed by atoms with Gasteiger partial charge in [-0.15, -0.1) is 11.1 Å². The van der Waals surface area contributed by atoms with Crippen molar-refractivity contribution in [1.29, 1.82) is 0 Å². The molecule has 0 aromatic rings. The zero-order valence-corrected chi connectivity index (χ0v) is 10.4. The Morgan fingerprint density at radius 1 is 1.54 bits per heavy atom. The molecule has 5 heteroatoms. The molecule has 78 valence electrons. The van der Waals surface area contributed by atoms with E-state index >= 15 is 0 Å². The molecule has 0 fully saturated rings. The molecule has 0 rings (SSSR count). The van der Waals surface area contributed by atoms with Crippen molar-refractivity contribution in [1.82, 2.24) is 0 Å². The van der Waals surface area contributed by atoms with Crippen molar-refractivity contribution in [3.63, 3.8) is 0 Å². The highest BCUT2D eigenvalue weighted by Crippen LogP contribution is 2.14. The first-order valence-corrected chi connectivity index (χ1v) is 8.29. The Balaban J connectivity index is 3.74. The third-order valence-electron chi connectivity index (χ3n) is 1.24. The van der Waals surface area contributed by atoms with Crippen molar-refractivity contribution >= 4 is 24.7 Å². The van der Waals surface area contributed by atoms with E-state index in [2.05, 4.69) is 0 Å². The number of carbonyl (C=O) groups is 1. The standard InChI is InChI=1S/C8H17ClO3Si/c1-5-11-8(10)6-7(2)12-13(3,4)9/h7H,5-6H2,1-4H3/t7-/m1/s1. The third kappa shape index (κ3) is 8.27. The maximum atomic E-state index is 11.0. The van der Waals surface area contributed by atoms with Crippen molar-refractivity contribution in [2.75, 3.05) is 6.61 Å². The van der Waals surface area contributed by atoms with E-state index < -0.39 is 7.63 Å². The normalized spacial score (nSPS) is 13.9. The molecule has 0 saturated heterocycles. The van der Waals surface area contributed by atoms with Gasteiger partial charge >= 0.3 is 5.97 Å². The Labute approximate surface area is 85.2 Å². The van der Waals surface area contributed by atoms with Gasteiger partial charge in [0.05, 0.1) is 19.1 Å². The summed E-state index contributed by atoms with van der Waals surface area (Å²) >= 11 is 5.95. The number of halogens is 1. The van der Waals surface area contributed by atoms with Crippen LogP contribution in [0.25, 0.3) is 0 Å². The molecule has 0 aliphatic heterocycles. The molecule has 0 aromatic heterocycles. The number of carbonyl (C=O) groups excluding carboxylic acids is 1. The topological polar surface area (TPSA) is 35.5 Å². The predicted molar refractivity (Wildman–Crippen MR) is 55.1 cm³/mol. The maximum Gasteiger partial charge on any atom is 0.308 e. The van der Waals surface area contributed by atoms with Gasteiger partial charge in [-0.1, -0.05) is 0 Å². The molecule has 0 radical (unpaired) electrons. The molecule has 0 heterocycles. The van der Waals surface area contributed by atoms with E-state index in [4.69, 9.17) is 20.2 Å². The zero-order valence-electron chi connectivity index (χ0n) is 8.59. The average Bonchev–Trinajstić information content (AvgIpc) is 1.81. The molecule has 1 atom stereocenters. The maximum absolute atomic E-state index is 11.0. The quantitative estimate of drug-likeness (QED) is 0.408. The van der Waals surface area contributed by atoms with Crippen LogP contribution in [0, 0.1) is 0 Å². The van der Waals surface area contributed by atoms with Gasteiger partial charge < -0.3 is 9.16 Å². The summed E-state index contributed by atoms with van der Waals surface area (Å²) in [5.74, 6) is -0.232. The van der Waals surface area contributed by atoms with Gasteiger partial charge in [-0.3, -0.25) is 4.79 Å². The lowest BCUT2D eigenvalue weighted by Crippen LogP contribution is -2.29. The van der Waals surface area contributed by atoms with Crippen molar-refractivity contribution in [3.8, 4) is 0 Å². The van der Waals surface area contributed by atoms with Gasteiger partial charge in [0.1, 0.15) is 0 Å². The highest BCUT2D eigenvalue weighted by Gasteiger charge is 2.23. The largest absolute Gasteiger partial charge is 0.466 e. The second-order valence-electron chi connectivity index (χ2n) is 3.30. The summed E-state index contributed by atoms with van der Waals surface area (Å²) in [6.45, 7) is 7.76. The van der Waals surface area contributed by atoms with E-state index in [1.54, 1.807) is 6.92 Å². The van der Waals surface area contributed by atoms with Gasteiger partial charge in [0.15, 0.2) is 0 Å². The monoisotopic (exact) mass is 224 g/mol. The summed E-state index contributed by atoms with van der Waals surface area (Å²) in [6.07, 6.45) is 0.120. The van der Waals surface area contributed by atoms with E-state index in [0.29, 0.717) is 6.61 Å². The van der Waals surface area contributed by atoms with Crippen LogP contribution >= 0.6 is 11.1 Å². The van der Waals surface area contributed by atoms with E-state index in [0.717, 1.165) is 0 Å². The molecule has 0 amide bonds. The first-order valence-electron chi connectivity index (χ1n) is 4.37. The van der Waals surface area contributed by atoms with Gasteiger partial charge in [0, 0.05) is 0 Å². The van der Waals surface area contributed by atoms with E-state index in [9.17, 15) is 4.79 Å². The molecule has 13 heavy (non-hydrogen) atoms. The molecule has 0 N–H and O–H groups in total. The average molecular weight is 225 g/mol. The van der Waals surface area contributed by atoms with Crippen LogP contribution in [0.15, 0.2) is 0 Å². The van der Waals surface area contributed by atoms with E-state index in [-0.39, 0.29) is 18.5 Å². The summed E-state index contributed by atoms with van der Waals surface area (Å²) in [6, 6.07) is 0. The molecule has 0 aromatic carbocycles. The van der Waals surface area contributed by atoms with Crippen LogP contribution in [0.3, 0.4) is 0 Å². The number of hydrogen-bond donors (Lipinski definition) is 0. The van der Waals surface area contributed by atoms with Crippen molar-refractivity contribution < 1.29 is 14.0 Å². The minimum atomic E-state index is -2.05. The molecule has 3 nitrogen and oxygen atoms in total. The lowest BCUT2D eigenvalue weighted by molar-refractivity contribution is -0.144. The molecule has 0 spiro atoms. The smallest absolute Gasteiger partial charge is 0.308 e. The number of rotatable bonds is 5. The summed E-state index contributed by atoms with van der Waals surface area (Å²) < 4.78 is 10.2. The first kappa shape index (κ1) is 12.9. The van der Waals surface area contributed by atoms with Crippen LogP contribution < -0.4 is 0 Å². The van der Waals surface area contributed by atoms with Crippen LogP contribution in [0.1, 0.15) is 20.3 Å². The third-order valence-corrected chi connectivity index (χ3v) is 2.47. The molecule has 0 aliphatic carbocycles. The van der Waals surface area contributed by atoms with Gasteiger partial charge in [0.25, 0.3) is 7.63 Å². The molecular formula is C8H17ClO3Si. The second kappa shape index (κ2) is 5.62. The fraction of sp³-hybridized carbons (Fsp3) is 0.875. The Kier molecular flexibility index (Phi) is 5.59. The summed E-state index contributed by atoms with van der Waals surface area (Å²) in [7, 11) is -2.05. The van der Waals surface area contributed by atoms with Gasteiger partial charge in [0.2, 0.25) is 0 Å². The Morgan fingerprint density at radius 3 is 2.46 bits per heavy atom. The van der Waals surface area contributed by atoms with Crippen LogP contribution in [-0.2, 0) is 14.0 Å². The van der Waals surface area contributed by atoms with Crippen LogP contribution in [0.2, 0.25) is 13.1 Å². The fourth-order valence-corrected chi connectivity index (χ4v) is 2.47. The van der Waals surface area contributed by atoms with E-state index in [1.165, 1.54) is 0 Å². The van der Waals surface area contributed by atoms with Gasteiger partial charge in [-0.05, 0) is 26.9 Å². The zero-order chi connectivity index (χ0) is 10.5. The van der Waals surface area contributed by atoms with Crippen LogP contribution in [0.5, 0.6) is 0 Å². The highest BCUT2D eigenvalue weighted by molar-refractivity contribution is 7.15. The lowest BCUT2D eigenvalue weighted by Gasteiger charge is -2.20. The first-order chi connectivity index (χ1) is 5.85. The lowest BCUT2D eigenvalue weighted by atomic mass is 10.3. The highest BCUT2D eigenvalue weighted by atomic mass is 35.6. The fourth-order valence-electron chi connectivity index (χ4n) is 0.975. The minimum absolute atomic E-state index is 0.154. The Hall–Kier alpha value is -0.0631. The Morgan fingerprint density at radius 2 is 2.08 bits per heavy atom. The van der Waals surface area contributed by atoms with Gasteiger partial charge in [-0.25, -0.2) is 0 Å². The predicted octanol–water partition coefficient (Wildman–Crippen LogP) is 2.29.